The zero-order valence-electron chi connectivity index (χ0n) is 11.8. The molecule has 0 saturated heterocycles. The summed E-state index contributed by atoms with van der Waals surface area (Å²) in [4.78, 5) is 23.1. The summed E-state index contributed by atoms with van der Waals surface area (Å²) in [5.74, 6) is -1.05. The number of hydrazone groups is 1. The number of carboxylic acids is 1. The van der Waals surface area contributed by atoms with E-state index in [0.29, 0.717) is 16.3 Å². The van der Waals surface area contributed by atoms with Crippen LogP contribution in [0.2, 0.25) is 0 Å². The molecule has 2 aliphatic rings. The zero-order valence-corrected chi connectivity index (χ0v) is 11.8. The Hall–Kier alpha value is -1.85. The number of hydrogen-bond donors (Lipinski definition) is 2. The van der Waals surface area contributed by atoms with Crippen molar-refractivity contribution in [2.24, 2.45) is 11.0 Å². The smallest absolute Gasteiger partial charge is 0.429 e. The van der Waals surface area contributed by atoms with Gasteiger partial charge >= 0.3 is 12.1 Å². The van der Waals surface area contributed by atoms with Gasteiger partial charge in [-0.1, -0.05) is 19.3 Å². The van der Waals surface area contributed by atoms with E-state index in [0.717, 1.165) is 32.1 Å². The number of hydrogen-bond acceptors (Lipinski definition) is 3. The standard InChI is InChI=1S/C14H20N2O4/c1-9-8-11(10-6-4-3-5-7-10)14(2,12(17)18)16(15-9)13(19)20/h8,10H,3-7H2,1-2H3,(H,17,18)(H,19,20). The van der Waals surface area contributed by atoms with Gasteiger partial charge in [-0.05, 0) is 44.3 Å². The summed E-state index contributed by atoms with van der Waals surface area (Å²) < 4.78 is 0. The Bertz CT molecular complexity index is 491. The topological polar surface area (TPSA) is 90.2 Å². The van der Waals surface area contributed by atoms with Gasteiger partial charge in [0.05, 0.1) is 5.71 Å². The minimum atomic E-state index is -1.60. The summed E-state index contributed by atoms with van der Waals surface area (Å²) in [5, 5.41) is 23.5. The Balaban J connectivity index is 2.47. The van der Waals surface area contributed by atoms with E-state index in [1.807, 2.05) is 0 Å². The second-order valence-corrected chi connectivity index (χ2v) is 5.65. The first-order chi connectivity index (χ1) is 9.37. The van der Waals surface area contributed by atoms with E-state index in [4.69, 9.17) is 0 Å². The van der Waals surface area contributed by atoms with E-state index in [-0.39, 0.29) is 5.92 Å². The molecule has 1 amide bonds. The molecule has 0 aromatic rings. The maximum Gasteiger partial charge on any atom is 0.429 e. The van der Waals surface area contributed by atoms with E-state index in [2.05, 4.69) is 5.10 Å². The number of amides is 1. The number of allylic oxidation sites excluding steroid dienone is 1. The maximum absolute atomic E-state index is 11.7. The van der Waals surface area contributed by atoms with Crippen LogP contribution in [0.1, 0.15) is 46.0 Å². The van der Waals surface area contributed by atoms with Crippen LogP contribution < -0.4 is 0 Å². The first-order valence-electron chi connectivity index (χ1n) is 6.91. The lowest BCUT2D eigenvalue weighted by Gasteiger charge is -2.41. The van der Waals surface area contributed by atoms with Crippen LogP contribution in [0, 0.1) is 5.92 Å². The monoisotopic (exact) mass is 280 g/mol. The number of nitrogens with zero attached hydrogens (tertiary/aromatic N) is 2. The van der Waals surface area contributed by atoms with Gasteiger partial charge in [0.2, 0.25) is 0 Å². The molecular weight excluding hydrogens is 260 g/mol. The van der Waals surface area contributed by atoms with Crippen LogP contribution in [-0.4, -0.2) is 38.5 Å². The number of carboxylic acid groups (broad SMARTS) is 2. The van der Waals surface area contributed by atoms with E-state index >= 15 is 0 Å². The Labute approximate surface area is 117 Å². The molecule has 1 atom stereocenters. The Kier molecular flexibility index (Phi) is 3.83. The summed E-state index contributed by atoms with van der Waals surface area (Å²) in [5.41, 5.74) is -0.404. The van der Waals surface area contributed by atoms with Crippen molar-refractivity contribution in [3.05, 3.63) is 11.6 Å². The van der Waals surface area contributed by atoms with Crippen molar-refractivity contribution in [1.29, 1.82) is 0 Å². The van der Waals surface area contributed by atoms with Gasteiger partial charge in [0.25, 0.3) is 0 Å². The van der Waals surface area contributed by atoms with Gasteiger partial charge in [-0.3, -0.25) is 0 Å². The van der Waals surface area contributed by atoms with Gasteiger partial charge in [-0.2, -0.15) is 10.1 Å². The average Bonchev–Trinajstić information content (AvgIpc) is 2.41. The van der Waals surface area contributed by atoms with Crippen molar-refractivity contribution in [2.75, 3.05) is 0 Å². The molecular formula is C14H20N2O4. The molecule has 110 valence electrons. The van der Waals surface area contributed by atoms with Crippen molar-refractivity contribution in [3.8, 4) is 0 Å². The predicted molar refractivity (Wildman–Crippen MR) is 73.7 cm³/mol. The van der Waals surface area contributed by atoms with Crippen LogP contribution in [0.3, 0.4) is 0 Å². The van der Waals surface area contributed by atoms with Gasteiger partial charge in [-0.25, -0.2) is 9.59 Å². The van der Waals surface area contributed by atoms with Crippen molar-refractivity contribution < 1.29 is 19.8 Å². The molecule has 6 nitrogen and oxygen atoms in total. The molecule has 6 heteroatoms. The number of aliphatic carboxylic acids is 1. The molecule has 0 spiro atoms. The van der Waals surface area contributed by atoms with Crippen LogP contribution in [0.25, 0.3) is 0 Å². The van der Waals surface area contributed by atoms with Crippen LogP contribution >= 0.6 is 0 Å². The van der Waals surface area contributed by atoms with Crippen LogP contribution in [-0.2, 0) is 4.79 Å². The van der Waals surface area contributed by atoms with Gasteiger partial charge < -0.3 is 10.2 Å². The number of rotatable bonds is 2. The highest BCUT2D eigenvalue weighted by molar-refractivity contribution is 5.99. The molecule has 1 fully saturated rings. The minimum absolute atomic E-state index is 0.122. The molecule has 1 unspecified atom stereocenters. The predicted octanol–water partition coefficient (Wildman–Crippen LogP) is 2.71. The van der Waals surface area contributed by atoms with Crippen molar-refractivity contribution in [1.82, 2.24) is 5.01 Å². The summed E-state index contributed by atoms with van der Waals surface area (Å²) >= 11 is 0. The SMILES string of the molecule is CC1=NN(C(=O)O)C(C)(C(=O)O)C(C2CCCCC2)=C1. The second kappa shape index (κ2) is 5.26. The molecule has 0 radical (unpaired) electrons. The summed E-state index contributed by atoms with van der Waals surface area (Å²) in [7, 11) is 0. The molecule has 20 heavy (non-hydrogen) atoms. The van der Waals surface area contributed by atoms with Crippen molar-refractivity contribution in [3.63, 3.8) is 0 Å². The van der Waals surface area contributed by atoms with Gasteiger partial charge in [0.15, 0.2) is 5.54 Å². The fourth-order valence-corrected chi connectivity index (χ4v) is 3.15. The lowest BCUT2D eigenvalue weighted by Crippen LogP contribution is -2.56. The van der Waals surface area contributed by atoms with Gasteiger partial charge in [-0.15, -0.1) is 0 Å². The van der Waals surface area contributed by atoms with E-state index in [1.54, 1.807) is 13.0 Å². The lowest BCUT2D eigenvalue weighted by atomic mass is 9.74. The van der Waals surface area contributed by atoms with Crippen LogP contribution in [0.4, 0.5) is 4.79 Å². The maximum atomic E-state index is 11.7. The molecule has 1 aliphatic carbocycles. The second-order valence-electron chi connectivity index (χ2n) is 5.65. The molecule has 2 rings (SSSR count). The first kappa shape index (κ1) is 14.6. The third-order valence-electron chi connectivity index (χ3n) is 4.25. The molecule has 0 aromatic heterocycles. The fourth-order valence-electron chi connectivity index (χ4n) is 3.15. The number of carbonyl (C=O) groups is 2. The molecule has 2 N–H and O–H groups in total. The van der Waals surface area contributed by atoms with E-state index in [9.17, 15) is 19.8 Å². The summed E-state index contributed by atoms with van der Waals surface area (Å²) in [6.07, 6.45) is 5.51. The Morgan fingerprint density at radius 3 is 2.40 bits per heavy atom. The fraction of sp³-hybridized carbons (Fsp3) is 0.643. The zero-order chi connectivity index (χ0) is 14.9. The highest BCUT2D eigenvalue weighted by Crippen LogP contribution is 2.40. The third-order valence-corrected chi connectivity index (χ3v) is 4.25. The minimum Gasteiger partial charge on any atom is -0.479 e. The lowest BCUT2D eigenvalue weighted by molar-refractivity contribution is -0.147. The van der Waals surface area contributed by atoms with Crippen molar-refractivity contribution >= 4 is 17.8 Å². The molecule has 0 bridgehead atoms. The highest BCUT2D eigenvalue weighted by Gasteiger charge is 2.50. The molecule has 0 aromatic carbocycles. The van der Waals surface area contributed by atoms with Crippen molar-refractivity contribution in [2.45, 2.75) is 51.5 Å². The largest absolute Gasteiger partial charge is 0.479 e. The van der Waals surface area contributed by atoms with Gasteiger partial charge in [0, 0.05) is 0 Å². The Morgan fingerprint density at radius 1 is 1.30 bits per heavy atom. The molecule has 1 saturated carbocycles. The van der Waals surface area contributed by atoms with Gasteiger partial charge in [0.1, 0.15) is 0 Å². The van der Waals surface area contributed by atoms with Crippen LogP contribution in [0.15, 0.2) is 16.8 Å². The normalized spacial score (nSPS) is 27.8. The third kappa shape index (κ3) is 2.30. The highest BCUT2D eigenvalue weighted by atomic mass is 16.4. The molecule has 1 heterocycles. The summed E-state index contributed by atoms with van der Waals surface area (Å²) in [6.45, 7) is 3.13. The first-order valence-corrected chi connectivity index (χ1v) is 6.91. The van der Waals surface area contributed by atoms with E-state index in [1.165, 1.54) is 6.92 Å². The molecule has 1 aliphatic heterocycles. The quantitative estimate of drug-likeness (QED) is 0.813. The average molecular weight is 280 g/mol. The van der Waals surface area contributed by atoms with Crippen LogP contribution in [0.5, 0.6) is 0 Å². The van der Waals surface area contributed by atoms with E-state index < -0.39 is 17.6 Å². The summed E-state index contributed by atoms with van der Waals surface area (Å²) in [6, 6.07) is 0. The Morgan fingerprint density at radius 2 is 1.90 bits per heavy atom.